The molecule has 3 atom stereocenters. The fourth-order valence-corrected chi connectivity index (χ4v) is 6.76. The maximum absolute atomic E-state index is 12.8. The predicted molar refractivity (Wildman–Crippen MR) is 126 cm³/mol. The summed E-state index contributed by atoms with van der Waals surface area (Å²) in [7, 11) is -3.58. The van der Waals surface area contributed by atoms with E-state index in [1.807, 2.05) is 24.3 Å². The van der Waals surface area contributed by atoms with Crippen molar-refractivity contribution in [1.82, 2.24) is 4.90 Å². The Morgan fingerprint density at radius 1 is 0.968 bits per heavy atom. The molecule has 3 fully saturated rings. The van der Waals surface area contributed by atoms with Crippen LogP contribution in [0.4, 0.5) is 11.4 Å². The molecule has 3 aliphatic rings. The van der Waals surface area contributed by atoms with Crippen molar-refractivity contribution in [3.8, 4) is 0 Å². The van der Waals surface area contributed by atoms with E-state index >= 15 is 0 Å². The average molecular weight is 440 g/mol. The number of sulfonamides is 1. The summed E-state index contributed by atoms with van der Waals surface area (Å²) >= 11 is 0. The van der Waals surface area contributed by atoms with Gasteiger partial charge in [-0.2, -0.15) is 0 Å². The van der Waals surface area contributed by atoms with Gasteiger partial charge in [-0.15, -0.1) is 0 Å². The molecular weight excluding hydrogens is 406 g/mol. The van der Waals surface area contributed by atoms with Crippen LogP contribution in [0.1, 0.15) is 44.1 Å². The third-order valence-electron chi connectivity index (χ3n) is 7.39. The van der Waals surface area contributed by atoms with Gasteiger partial charge in [-0.3, -0.25) is 4.72 Å². The van der Waals surface area contributed by atoms with E-state index in [9.17, 15) is 8.42 Å². The van der Waals surface area contributed by atoms with Gasteiger partial charge in [0.25, 0.3) is 10.0 Å². The first-order valence-electron chi connectivity index (χ1n) is 11.7. The Bertz CT molecular complexity index is 998. The number of anilines is 2. The van der Waals surface area contributed by atoms with Crippen molar-refractivity contribution in [3.63, 3.8) is 0 Å². The maximum Gasteiger partial charge on any atom is 0.261 e. The van der Waals surface area contributed by atoms with E-state index in [0.29, 0.717) is 16.5 Å². The summed E-state index contributed by atoms with van der Waals surface area (Å²) in [6.45, 7) is 8.03. The Morgan fingerprint density at radius 3 is 2.35 bits per heavy atom. The van der Waals surface area contributed by atoms with Crippen molar-refractivity contribution in [2.24, 2.45) is 11.8 Å². The number of benzene rings is 2. The van der Waals surface area contributed by atoms with Gasteiger partial charge >= 0.3 is 0 Å². The van der Waals surface area contributed by atoms with E-state index < -0.39 is 10.0 Å². The molecule has 0 aromatic heterocycles. The minimum atomic E-state index is -3.58. The van der Waals surface area contributed by atoms with Crippen molar-refractivity contribution >= 4 is 21.4 Å². The van der Waals surface area contributed by atoms with Gasteiger partial charge in [0.2, 0.25) is 0 Å². The smallest absolute Gasteiger partial charge is 0.261 e. The van der Waals surface area contributed by atoms with Crippen molar-refractivity contribution in [1.29, 1.82) is 0 Å². The van der Waals surface area contributed by atoms with Gasteiger partial charge < -0.3 is 9.80 Å². The summed E-state index contributed by atoms with van der Waals surface area (Å²) in [5.74, 6) is 2.23. The van der Waals surface area contributed by atoms with Crippen LogP contribution >= 0.6 is 0 Å². The molecule has 0 radical (unpaired) electrons. The molecular formula is C25H33N3O2S. The summed E-state index contributed by atoms with van der Waals surface area (Å²) in [5.41, 5.74) is 3.07. The van der Waals surface area contributed by atoms with Crippen LogP contribution in [0, 0.1) is 11.8 Å². The van der Waals surface area contributed by atoms with Gasteiger partial charge in [0, 0.05) is 37.6 Å². The molecule has 0 amide bonds. The molecule has 6 heteroatoms. The quantitative estimate of drug-likeness (QED) is 0.689. The zero-order valence-electron chi connectivity index (χ0n) is 18.3. The number of nitrogens with one attached hydrogen (secondary N) is 1. The average Bonchev–Trinajstić information content (AvgIpc) is 3.39. The second-order valence-corrected chi connectivity index (χ2v) is 11.1. The van der Waals surface area contributed by atoms with Crippen molar-refractivity contribution in [2.45, 2.75) is 43.4 Å². The third-order valence-corrected chi connectivity index (χ3v) is 8.79. The summed E-state index contributed by atoms with van der Waals surface area (Å²) in [6.07, 6.45) is 4.90. The Labute approximate surface area is 186 Å². The van der Waals surface area contributed by atoms with Crippen LogP contribution in [0.2, 0.25) is 0 Å². The SMILES string of the molecule is CCCN1C[C@@H]2C[C@@H](c3ccc(NS(=O)(=O)c4ccc(N5CCCC5)cc4)cc3)[C@@H]2C1. The van der Waals surface area contributed by atoms with Crippen LogP contribution in [0.5, 0.6) is 0 Å². The molecule has 0 bridgehead atoms. The molecule has 5 nitrogen and oxygen atoms in total. The summed E-state index contributed by atoms with van der Waals surface area (Å²) in [5, 5.41) is 0. The lowest BCUT2D eigenvalue weighted by molar-refractivity contribution is 0.191. The lowest BCUT2D eigenvalue weighted by Gasteiger charge is -2.40. The monoisotopic (exact) mass is 439 g/mol. The first kappa shape index (κ1) is 20.8. The zero-order chi connectivity index (χ0) is 21.4. The van der Waals surface area contributed by atoms with Gasteiger partial charge in [0.1, 0.15) is 0 Å². The minimum Gasteiger partial charge on any atom is -0.372 e. The summed E-state index contributed by atoms with van der Waals surface area (Å²) in [6, 6.07) is 15.3. The number of fused-ring (bicyclic) bond motifs is 1. The van der Waals surface area contributed by atoms with Gasteiger partial charge in [0.05, 0.1) is 4.90 Å². The number of hydrogen-bond acceptors (Lipinski definition) is 4. The van der Waals surface area contributed by atoms with Crippen LogP contribution in [0.25, 0.3) is 0 Å². The van der Waals surface area contributed by atoms with E-state index in [1.54, 1.807) is 12.1 Å². The maximum atomic E-state index is 12.8. The Balaban J connectivity index is 1.22. The highest BCUT2D eigenvalue weighted by atomic mass is 32.2. The van der Waals surface area contributed by atoms with Gasteiger partial charge in [-0.05, 0) is 91.9 Å². The molecule has 31 heavy (non-hydrogen) atoms. The first-order valence-corrected chi connectivity index (χ1v) is 13.2. The Kier molecular flexibility index (Phi) is 5.69. The molecule has 0 spiro atoms. The molecule has 1 saturated carbocycles. The molecule has 0 unspecified atom stereocenters. The lowest BCUT2D eigenvalue weighted by Crippen LogP contribution is -2.33. The predicted octanol–water partition coefficient (Wildman–Crippen LogP) is 4.53. The van der Waals surface area contributed by atoms with Crippen LogP contribution in [-0.4, -0.2) is 46.0 Å². The fraction of sp³-hybridized carbons (Fsp3) is 0.520. The lowest BCUT2D eigenvalue weighted by atomic mass is 9.64. The second-order valence-electron chi connectivity index (χ2n) is 9.44. The second kappa shape index (κ2) is 8.47. The van der Waals surface area contributed by atoms with Crippen molar-refractivity contribution in [3.05, 3.63) is 54.1 Å². The van der Waals surface area contributed by atoms with Crippen molar-refractivity contribution < 1.29 is 8.42 Å². The van der Waals surface area contributed by atoms with Crippen LogP contribution in [-0.2, 0) is 10.0 Å². The van der Waals surface area contributed by atoms with E-state index in [0.717, 1.165) is 30.6 Å². The standard InChI is InChI=1S/C25H33N3O2S/c1-2-13-27-17-20-16-24(25(20)18-27)19-5-7-21(8-6-19)26-31(29,30)23-11-9-22(10-12-23)28-14-3-4-15-28/h5-12,20,24-26H,2-4,13-18H2,1H3/t20-,24-,25+/m0/s1. The fourth-order valence-electron chi connectivity index (χ4n) is 5.70. The van der Waals surface area contributed by atoms with Gasteiger partial charge in [-0.1, -0.05) is 19.1 Å². The molecule has 5 rings (SSSR count). The van der Waals surface area contributed by atoms with Crippen molar-refractivity contribution in [2.75, 3.05) is 42.3 Å². The first-order chi connectivity index (χ1) is 15.0. The van der Waals surface area contributed by atoms with Crippen LogP contribution < -0.4 is 9.62 Å². The van der Waals surface area contributed by atoms with E-state index in [4.69, 9.17) is 0 Å². The number of hydrogen-bond donors (Lipinski definition) is 1. The number of likely N-dealkylation sites (tertiary alicyclic amines) is 1. The van der Waals surface area contributed by atoms with E-state index in [2.05, 4.69) is 33.6 Å². The topological polar surface area (TPSA) is 52.7 Å². The minimum absolute atomic E-state index is 0.309. The molecule has 2 saturated heterocycles. The Morgan fingerprint density at radius 2 is 1.68 bits per heavy atom. The van der Waals surface area contributed by atoms with Gasteiger partial charge in [-0.25, -0.2) is 8.42 Å². The van der Waals surface area contributed by atoms with E-state index in [-0.39, 0.29) is 0 Å². The molecule has 1 aliphatic carbocycles. The highest BCUT2D eigenvalue weighted by Gasteiger charge is 2.46. The molecule has 166 valence electrons. The van der Waals surface area contributed by atoms with Crippen LogP contribution in [0.15, 0.2) is 53.4 Å². The summed E-state index contributed by atoms with van der Waals surface area (Å²) < 4.78 is 28.4. The molecule has 1 N–H and O–H groups in total. The number of nitrogens with zero attached hydrogens (tertiary/aromatic N) is 2. The number of rotatable bonds is 7. The molecule has 2 aliphatic heterocycles. The largest absolute Gasteiger partial charge is 0.372 e. The molecule has 2 aromatic rings. The van der Waals surface area contributed by atoms with Crippen LogP contribution in [0.3, 0.4) is 0 Å². The third kappa shape index (κ3) is 4.20. The molecule has 2 aromatic carbocycles. The Hall–Kier alpha value is -2.05. The molecule has 2 heterocycles. The highest BCUT2D eigenvalue weighted by molar-refractivity contribution is 7.92. The zero-order valence-corrected chi connectivity index (χ0v) is 19.2. The highest BCUT2D eigenvalue weighted by Crippen LogP contribution is 2.51. The van der Waals surface area contributed by atoms with Gasteiger partial charge in [0.15, 0.2) is 0 Å². The normalized spacial score (nSPS) is 26.0. The summed E-state index contributed by atoms with van der Waals surface area (Å²) in [4.78, 5) is 5.22. The van der Waals surface area contributed by atoms with E-state index in [1.165, 1.54) is 50.9 Å².